The number of sulfone groups is 1. The van der Waals surface area contributed by atoms with E-state index in [-0.39, 0.29) is 33.0 Å². The molecule has 0 aliphatic carbocycles. The normalized spacial score (nSPS) is 11.2. The average molecular weight is 368 g/mol. The lowest BCUT2D eigenvalue weighted by atomic mass is 10.0. The van der Waals surface area contributed by atoms with Gasteiger partial charge in [0.2, 0.25) is 5.78 Å². The van der Waals surface area contributed by atoms with Crippen LogP contribution in [0.5, 0.6) is 0 Å². The molecule has 0 fully saturated rings. The summed E-state index contributed by atoms with van der Waals surface area (Å²) in [5.41, 5.74) is -0.561. The van der Waals surface area contributed by atoms with Gasteiger partial charge in [-0.1, -0.05) is 11.6 Å². The van der Waals surface area contributed by atoms with Crippen molar-refractivity contribution in [1.29, 1.82) is 5.26 Å². The van der Waals surface area contributed by atoms with E-state index < -0.39 is 21.2 Å². The van der Waals surface area contributed by atoms with Crippen LogP contribution in [0.1, 0.15) is 28.4 Å². The maximum atomic E-state index is 12.6. The van der Waals surface area contributed by atoms with Gasteiger partial charge >= 0.3 is 0 Å². The maximum absolute atomic E-state index is 12.6. The number of halogens is 1. The number of nitriles is 1. The van der Waals surface area contributed by atoms with Gasteiger partial charge in [-0.15, -0.1) is 0 Å². The summed E-state index contributed by atoms with van der Waals surface area (Å²) < 4.78 is 24.9. The van der Waals surface area contributed by atoms with Crippen molar-refractivity contribution in [3.05, 3.63) is 50.4 Å². The average Bonchev–Trinajstić information content (AvgIpc) is 2.88. The summed E-state index contributed by atoms with van der Waals surface area (Å²) in [4.78, 5) is 24.6. The van der Waals surface area contributed by atoms with Crippen molar-refractivity contribution < 1.29 is 13.2 Å². The topological polar surface area (TPSA) is 113 Å². The number of rotatable bonds is 5. The first kappa shape index (κ1) is 18.0. The molecule has 0 atom stereocenters. The number of benzene rings is 1. The summed E-state index contributed by atoms with van der Waals surface area (Å²) >= 11 is 6.18. The number of aromatic amines is 1. The number of nitrogens with zero attached hydrogens (tertiary/aromatic N) is 2. The van der Waals surface area contributed by atoms with Gasteiger partial charge in [0.15, 0.2) is 9.84 Å². The van der Waals surface area contributed by atoms with Gasteiger partial charge in [-0.2, -0.15) is 5.26 Å². The zero-order chi connectivity index (χ0) is 18.1. The molecule has 0 unspecified atom stereocenters. The number of carbonyl (C=O) groups is 1. The molecule has 0 spiro atoms. The monoisotopic (exact) mass is 367 g/mol. The molecular formula is C15H14ClN3O4S. The highest BCUT2D eigenvalue weighted by molar-refractivity contribution is 7.90. The van der Waals surface area contributed by atoms with E-state index in [2.05, 4.69) is 5.10 Å². The fraction of sp³-hybridized carbons (Fsp3) is 0.267. The molecule has 126 valence electrons. The Morgan fingerprint density at radius 2 is 2.04 bits per heavy atom. The number of hydrogen-bond acceptors (Lipinski definition) is 5. The first-order valence-corrected chi connectivity index (χ1v) is 9.20. The first-order valence-electron chi connectivity index (χ1n) is 6.93. The van der Waals surface area contributed by atoms with Crippen molar-refractivity contribution in [2.24, 2.45) is 0 Å². The van der Waals surface area contributed by atoms with Crippen molar-refractivity contribution in [3.8, 4) is 6.07 Å². The molecule has 0 saturated carbocycles. The van der Waals surface area contributed by atoms with E-state index in [0.717, 1.165) is 6.26 Å². The van der Waals surface area contributed by atoms with Crippen LogP contribution < -0.4 is 5.56 Å². The predicted octanol–water partition coefficient (Wildman–Crippen LogP) is 1.55. The highest BCUT2D eigenvalue weighted by atomic mass is 35.5. The quantitative estimate of drug-likeness (QED) is 0.805. The summed E-state index contributed by atoms with van der Waals surface area (Å²) in [6, 6.07) is 4.32. The van der Waals surface area contributed by atoms with E-state index in [1.54, 1.807) is 6.92 Å². The Balaban J connectivity index is 2.66. The molecule has 0 bridgehead atoms. The Morgan fingerprint density at radius 1 is 1.38 bits per heavy atom. The minimum Gasteiger partial charge on any atom is -0.302 e. The second kappa shape index (κ2) is 6.63. The molecule has 9 heteroatoms. The van der Waals surface area contributed by atoms with Gasteiger partial charge in [-0.05, 0) is 19.1 Å². The Morgan fingerprint density at radius 3 is 2.54 bits per heavy atom. The fourth-order valence-electron chi connectivity index (χ4n) is 2.32. The highest BCUT2D eigenvalue weighted by Gasteiger charge is 2.24. The molecule has 1 aromatic carbocycles. The lowest BCUT2D eigenvalue weighted by molar-refractivity contribution is 0.103. The zero-order valence-corrected chi connectivity index (χ0v) is 14.5. The second-order valence-corrected chi connectivity index (χ2v) is 7.44. The number of carbonyl (C=O) groups excluding carboxylic acids is 1. The Bertz CT molecular complexity index is 1010. The van der Waals surface area contributed by atoms with E-state index in [4.69, 9.17) is 16.9 Å². The van der Waals surface area contributed by atoms with E-state index in [9.17, 15) is 18.0 Å². The van der Waals surface area contributed by atoms with Crippen LogP contribution in [0.3, 0.4) is 0 Å². The van der Waals surface area contributed by atoms with Crippen molar-refractivity contribution in [2.75, 3.05) is 6.26 Å². The molecule has 0 radical (unpaired) electrons. The minimum absolute atomic E-state index is 0.0198. The number of H-pyrrole nitrogens is 1. The summed E-state index contributed by atoms with van der Waals surface area (Å²) in [7, 11) is -3.61. The smallest absolute Gasteiger partial charge is 0.277 e. The highest BCUT2D eigenvalue weighted by Crippen LogP contribution is 2.29. The third-order valence-corrected chi connectivity index (χ3v) is 5.11. The van der Waals surface area contributed by atoms with Crippen LogP contribution >= 0.6 is 11.6 Å². The van der Waals surface area contributed by atoms with E-state index in [1.165, 1.54) is 23.0 Å². The summed E-state index contributed by atoms with van der Waals surface area (Å²) in [5, 5.41) is 11.4. The number of nitrogens with one attached hydrogen (secondary N) is 1. The standard InChI is InChI=1S/C15H14ClN3O4S/c1-3-19-15(21)11(8-18-19)14(20)10-4-5-12(24(2,22)23)9(6-7-17)13(10)16/h4-5,8,18H,3,6H2,1-2H3. The molecule has 0 saturated heterocycles. The predicted molar refractivity (Wildman–Crippen MR) is 88.0 cm³/mol. The molecule has 1 heterocycles. The van der Waals surface area contributed by atoms with Gasteiger partial charge < -0.3 is 5.10 Å². The van der Waals surface area contributed by atoms with Crippen LogP contribution in [0.25, 0.3) is 0 Å². The SMILES string of the molecule is CCn1[nH]cc(C(=O)c2ccc(S(C)(=O)=O)c(CC#N)c2Cl)c1=O. The summed E-state index contributed by atoms with van der Waals surface area (Å²) in [6.07, 6.45) is 2.00. The van der Waals surface area contributed by atoms with Gasteiger partial charge in [0.05, 0.1) is 22.4 Å². The van der Waals surface area contributed by atoms with Gasteiger partial charge in [0.1, 0.15) is 5.56 Å². The van der Waals surface area contributed by atoms with Crippen LogP contribution in [0, 0.1) is 11.3 Å². The molecular weight excluding hydrogens is 354 g/mol. The Hall–Kier alpha value is -2.37. The maximum Gasteiger partial charge on any atom is 0.277 e. The van der Waals surface area contributed by atoms with Crippen molar-refractivity contribution in [2.45, 2.75) is 24.8 Å². The molecule has 2 aromatic rings. The molecule has 1 N–H and O–H groups in total. The van der Waals surface area contributed by atoms with Crippen molar-refractivity contribution in [3.63, 3.8) is 0 Å². The Kier molecular flexibility index (Phi) is 4.96. The summed E-state index contributed by atoms with van der Waals surface area (Å²) in [6.45, 7) is 2.11. The third kappa shape index (κ3) is 3.13. The molecule has 24 heavy (non-hydrogen) atoms. The van der Waals surface area contributed by atoms with Crippen molar-refractivity contribution >= 4 is 27.2 Å². The van der Waals surface area contributed by atoms with Crippen LogP contribution in [0.2, 0.25) is 5.02 Å². The second-order valence-electron chi connectivity index (χ2n) is 5.08. The number of ketones is 1. The van der Waals surface area contributed by atoms with Gasteiger partial charge in [-0.3, -0.25) is 14.3 Å². The van der Waals surface area contributed by atoms with E-state index in [1.807, 2.05) is 6.07 Å². The first-order chi connectivity index (χ1) is 11.2. The molecule has 0 aliphatic heterocycles. The van der Waals surface area contributed by atoms with Gasteiger partial charge in [0.25, 0.3) is 5.56 Å². The number of hydrogen-bond donors (Lipinski definition) is 1. The van der Waals surface area contributed by atoms with Crippen LogP contribution in [0.15, 0.2) is 28.0 Å². The van der Waals surface area contributed by atoms with E-state index >= 15 is 0 Å². The number of aryl methyl sites for hydroxylation is 1. The van der Waals surface area contributed by atoms with Crippen LogP contribution in [0.4, 0.5) is 0 Å². The largest absolute Gasteiger partial charge is 0.302 e. The molecule has 0 amide bonds. The van der Waals surface area contributed by atoms with Gasteiger partial charge in [-0.25, -0.2) is 8.42 Å². The van der Waals surface area contributed by atoms with Gasteiger partial charge in [0, 0.05) is 30.1 Å². The van der Waals surface area contributed by atoms with Crippen LogP contribution in [-0.2, 0) is 22.8 Å². The lowest BCUT2D eigenvalue weighted by Crippen LogP contribution is -2.21. The third-order valence-electron chi connectivity index (χ3n) is 3.50. The molecule has 2 rings (SSSR count). The molecule has 1 aromatic heterocycles. The summed E-state index contributed by atoms with van der Waals surface area (Å²) in [5.74, 6) is -0.632. The lowest BCUT2D eigenvalue weighted by Gasteiger charge is -2.10. The Labute approximate surface area is 143 Å². The number of aromatic nitrogens is 2. The van der Waals surface area contributed by atoms with Crippen LogP contribution in [-0.4, -0.2) is 30.2 Å². The zero-order valence-electron chi connectivity index (χ0n) is 13.0. The fourth-order valence-corrected chi connectivity index (χ4v) is 3.63. The van der Waals surface area contributed by atoms with Crippen molar-refractivity contribution in [1.82, 2.24) is 9.78 Å². The molecule has 7 nitrogen and oxygen atoms in total. The van der Waals surface area contributed by atoms with E-state index in [0.29, 0.717) is 6.54 Å². The molecule has 0 aliphatic rings. The minimum atomic E-state index is -3.61.